The van der Waals surface area contributed by atoms with Crippen LogP contribution >= 0.6 is 23.2 Å². The van der Waals surface area contributed by atoms with Gasteiger partial charge in [0, 0.05) is 17.1 Å². The van der Waals surface area contributed by atoms with Crippen LogP contribution in [-0.4, -0.2) is 12.6 Å². The van der Waals surface area contributed by atoms with Crippen LogP contribution in [0.2, 0.25) is 10.0 Å². The summed E-state index contributed by atoms with van der Waals surface area (Å²) in [5.41, 5.74) is 2.01. The maximum atomic E-state index is 12.9. The van der Waals surface area contributed by atoms with Gasteiger partial charge in [0.2, 0.25) is 0 Å². The Morgan fingerprint density at radius 2 is 1.83 bits per heavy atom. The van der Waals surface area contributed by atoms with Gasteiger partial charge in [0.25, 0.3) is 0 Å². The standard InChI is InChI=1S/C18H20Cl2FNO/c1-12(2)23-18-14(9-15(19)10-17(18)20)11-22-8-7-13-3-5-16(21)6-4-13/h3-6,9-10,12,22H,7-8,11H2,1-2H3. The fraction of sp³-hybridized carbons (Fsp3) is 0.333. The zero-order chi connectivity index (χ0) is 16.8. The normalized spacial score (nSPS) is 11.0. The number of hydrogen-bond acceptors (Lipinski definition) is 2. The van der Waals surface area contributed by atoms with Gasteiger partial charge >= 0.3 is 0 Å². The van der Waals surface area contributed by atoms with Crippen LogP contribution in [0.5, 0.6) is 5.75 Å². The SMILES string of the molecule is CC(C)Oc1c(Cl)cc(Cl)cc1CNCCc1ccc(F)cc1. The summed E-state index contributed by atoms with van der Waals surface area (Å²) in [6, 6.07) is 10.1. The molecule has 0 amide bonds. The fourth-order valence-electron chi connectivity index (χ4n) is 2.22. The molecule has 0 bridgehead atoms. The van der Waals surface area contributed by atoms with Crippen LogP contribution in [0.1, 0.15) is 25.0 Å². The lowest BCUT2D eigenvalue weighted by molar-refractivity contribution is 0.239. The summed E-state index contributed by atoms with van der Waals surface area (Å²) >= 11 is 12.3. The number of ether oxygens (including phenoxy) is 1. The van der Waals surface area contributed by atoms with E-state index in [-0.39, 0.29) is 11.9 Å². The lowest BCUT2D eigenvalue weighted by atomic mass is 10.1. The lowest BCUT2D eigenvalue weighted by Crippen LogP contribution is -2.18. The summed E-state index contributed by atoms with van der Waals surface area (Å²) in [5, 5.41) is 4.44. The molecule has 2 aromatic carbocycles. The van der Waals surface area contributed by atoms with Crippen molar-refractivity contribution >= 4 is 23.2 Å². The average molecular weight is 356 g/mol. The third kappa shape index (κ3) is 5.69. The van der Waals surface area contributed by atoms with E-state index in [2.05, 4.69) is 5.32 Å². The van der Waals surface area contributed by atoms with Gasteiger partial charge in [0.15, 0.2) is 0 Å². The summed E-state index contributed by atoms with van der Waals surface area (Å²) in [6.45, 7) is 5.27. The molecule has 0 aromatic heterocycles. The molecule has 0 radical (unpaired) electrons. The summed E-state index contributed by atoms with van der Waals surface area (Å²) < 4.78 is 18.7. The summed E-state index contributed by atoms with van der Waals surface area (Å²) in [4.78, 5) is 0. The molecule has 0 aliphatic rings. The first-order chi connectivity index (χ1) is 11.0. The Labute approximate surface area is 146 Å². The Kier molecular flexibility index (Phi) is 6.70. The monoisotopic (exact) mass is 355 g/mol. The highest BCUT2D eigenvalue weighted by Crippen LogP contribution is 2.33. The highest BCUT2D eigenvalue weighted by Gasteiger charge is 2.12. The molecule has 0 spiro atoms. The Hall–Kier alpha value is -1.29. The van der Waals surface area contributed by atoms with Gasteiger partial charge < -0.3 is 10.1 Å². The molecule has 0 heterocycles. The largest absolute Gasteiger partial charge is 0.489 e. The predicted octanol–water partition coefficient (Wildman–Crippen LogP) is 5.25. The maximum Gasteiger partial charge on any atom is 0.142 e. The van der Waals surface area contributed by atoms with E-state index in [9.17, 15) is 4.39 Å². The van der Waals surface area contributed by atoms with Gasteiger partial charge in [-0.05, 0) is 56.6 Å². The summed E-state index contributed by atoms with van der Waals surface area (Å²) in [5.74, 6) is 0.450. The minimum Gasteiger partial charge on any atom is -0.489 e. The summed E-state index contributed by atoms with van der Waals surface area (Å²) in [6.07, 6.45) is 0.848. The Balaban J connectivity index is 1.95. The second-order valence-electron chi connectivity index (χ2n) is 5.60. The van der Waals surface area contributed by atoms with Gasteiger partial charge in [-0.2, -0.15) is 0 Å². The number of nitrogens with one attached hydrogen (secondary N) is 1. The quantitative estimate of drug-likeness (QED) is 0.684. The van der Waals surface area contributed by atoms with Crippen LogP contribution < -0.4 is 10.1 Å². The van der Waals surface area contributed by atoms with Gasteiger partial charge in [-0.1, -0.05) is 35.3 Å². The molecular formula is C18H20Cl2FNO. The average Bonchev–Trinajstić information content (AvgIpc) is 2.48. The van der Waals surface area contributed by atoms with Crippen LogP contribution in [-0.2, 0) is 13.0 Å². The molecule has 0 atom stereocenters. The molecule has 124 valence electrons. The molecule has 0 fully saturated rings. The van der Waals surface area contributed by atoms with E-state index in [1.807, 2.05) is 19.9 Å². The molecule has 2 aromatic rings. The van der Waals surface area contributed by atoms with E-state index in [0.717, 1.165) is 24.1 Å². The Morgan fingerprint density at radius 1 is 1.13 bits per heavy atom. The van der Waals surface area contributed by atoms with Crippen molar-refractivity contribution in [2.24, 2.45) is 0 Å². The van der Waals surface area contributed by atoms with Crippen molar-refractivity contribution in [1.29, 1.82) is 0 Å². The first-order valence-electron chi connectivity index (χ1n) is 7.55. The topological polar surface area (TPSA) is 21.3 Å². The van der Waals surface area contributed by atoms with Gasteiger partial charge in [-0.15, -0.1) is 0 Å². The van der Waals surface area contributed by atoms with Gasteiger partial charge in [-0.3, -0.25) is 0 Å². The molecule has 0 aliphatic heterocycles. The van der Waals surface area contributed by atoms with Gasteiger partial charge in [-0.25, -0.2) is 4.39 Å². The third-order valence-electron chi connectivity index (χ3n) is 3.26. The van der Waals surface area contributed by atoms with E-state index in [1.54, 1.807) is 18.2 Å². The first kappa shape index (κ1) is 18.1. The first-order valence-corrected chi connectivity index (χ1v) is 8.31. The smallest absolute Gasteiger partial charge is 0.142 e. The van der Waals surface area contributed by atoms with Gasteiger partial charge in [0.05, 0.1) is 11.1 Å². The van der Waals surface area contributed by atoms with Gasteiger partial charge in [0.1, 0.15) is 11.6 Å². The molecule has 0 saturated heterocycles. The molecule has 0 unspecified atom stereocenters. The molecule has 0 aliphatic carbocycles. The minimum absolute atomic E-state index is 0.0339. The van der Waals surface area contributed by atoms with Crippen LogP contribution in [0, 0.1) is 5.82 Å². The van der Waals surface area contributed by atoms with Crippen molar-refractivity contribution in [2.75, 3.05) is 6.54 Å². The van der Waals surface area contributed by atoms with E-state index in [4.69, 9.17) is 27.9 Å². The van der Waals surface area contributed by atoms with Crippen molar-refractivity contribution in [1.82, 2.24) is 5.32 Å². The second kappa shape index (κ2) is 8.53. The van der Waals surface area contributed by atoms with Crippen LogP contribution in [0.4, 0.5) is 4.39 Å². The lowest BCUT2D eigenvalue weighted by Gasteiger charge is -2.17. The number of rotatable bonds is 7. The molecule has 2 rings (SSSR count). The van der Waals surface area contributed by atoms with Crippen molar-refractivity contribution in [2.45, 2.75) is 32.9 Å². The highest BCUT2D eigenvalue weighted by molar-refractivity contribution is 6.35. The Morgan fingerprint density at radius 3 is 2.48 bits per heavy atom. The molecule has 23 heavy (non-hydrogen) atoms. The number of benzene rings is 2. The van der Waals surface area contributed by atoms with E-state index in [1.165, 1.54) is 12.1 Å². The fourth-order valence-corrected chi connectivity index (χ4v) is 2.80. The van der Waals surface area contributed by atoms with E-state index in [0.29, 0.717) is 22.3 Å². The molecule has 1 N–H and O–H groups in total. The van der Waals surface area contributed by atoms with Crippen molar-refractivity contribution in [3.63, 3.8) is 0 Å². The zero-order valence-electron chi connectivity index (χ0n) is 13.2. The van der Waals surface area contributed by atoms with E-state index >= 15 is 0 Å². The number of halogens is 3. The third-order valence-corrected chi connectivity index (χ3v) is 3.76. The molecule has 0 saturated carbocycles. The highest BCUT2D eigenvalue weighted by atomic mass is 35.5. The molecule has 2 nitrogen and oxygen atoms in total. The van der Waals surface area contributed by atoms with Crippen molar-refractivity contribution in [3.8, 4) is 5.75 Å². The minimum atomic E-state index is -0.217. The van der Waals surface area contributed by atoms with Crippen LogP contribution in [0.25, 0.3) is 0 Å². The van der Waals surface area contributed by atoms with E-state index < -0.39 is 0 Å². The predicted molar refractivity (Wildman–Crippen MR) is 94.0 cm³/mol. The van der Waals surface area contributed by atoms with Crippen LogP contribution in [0.3, 0.4) is 0 Å². The maximum absolute atomic E-state index is 12.9. The van der Waals surface area contributed by atoms with Crippen LogP contribution in [0.15, 0.2) is 36.4 Å². The number of hydrogen-bond donors (Lipinski definition) is 1. The molecule has 5 heteroatoms. The molecular weight excluding hydrogens is 336 g/mol. The Bertz CT molecular complexity index is 644. The zero-order valence-corrected chi connectivity index (χ0v) is 14.7. The van der Waals surface area contributed by atoms with Crippen molar-refractivity contribution in [3.05, 3.63) is 63.4 Å². The second-order valence-corrected chi connectivity index (χ2v) is 6.44. The van der Waals surface area contributed by atoms with Crippen molar-refractivity contribution < 1.29 is 9.13 Å². The summed E-state index contributed by atoms with van der Waals surface area (Å²) in [7, 11) is 0.